The lowest BCUT2D eigenvalue weighted by atomic mass is 10.1. The molecule has 4 nitrogen and oxygen atoms in total. The Kier molecular flexibility index (Phi) is 3.33. The van der Waals surface area contributed by atoms with E-state index >= 15 is 0 Å². The molecule has 1 atom stereocenters. The fourth-order valence-electron chi connectivity index (χ4n) is 1.06. The Hall–Kier alpha value is -1.26. The predicted octanol–water partition coefficient (Wildman–Crippen LogP) is 1.00. The van der Waals surface area contributed by atoms with Gasteiger partial charge in [0.1, 0.15) is 11.8 Å². The number of halogens is 1. The van der Waals surface area contributed by atoms with Crippen molar-refractivity contribution < 1.29 is 15.0 Å². The number of carboxylic acids is 1. The maximum Gasteiger partial charge on any atom is 0.320 e. The average Bonchev–Trinajstić information content (AvgIpc) is 2.11. The van der Waals surface area contributed by atoms with E-state index in [1.54, 1.807) is 12.1 Å². The topological polar surface area (TPSA) is 83.5 Å². The third-order valence-corrected chi connectivity index (χ3v) is 2.19. The summed E-state index contributed by atoms with van der Waals surface area (Å²) in [4.78, 5) is 10.5. The second-order valence-electron chi connectivity index (χ2n) is 2.89. The highest BCUT2D eigenvalue weighted by Gasteiger charge is 2.16. The number of carbonyl (C=O) groups is 1. The minimum Gasteiger partial charge on any atom is -0.508 e. The van der Waals surface area contributed by atoms with Gasteiger partial charge >= 0.3 is 5.97 Å². The quantitative estimate of drug-likeness (QED) is 0.703. The van der Waals surface area contributed by atoms with Crippen LogP contribution in [0.3, 0.4) is 0 Å². The highest BCUT2D eigenvalue weighted by Crippen LogP contribution is 2.26. The second kappa shape index (κ2) is 4.30. The first-order chi connectivity index (χ1) is 6.52. The minimum absolute atomic E-state index is 0.0147. The van der Waals surface area contributed by atoms with Crippen molar-refractivity contribution in [3.05, 3.63) is 28.8 Å². The SMILES string of the molecule is NC(Cc1c(O)cccc1Cl)C(=O)O. The molecule has 5 heteroatoms. The van der Waals surface area contributed by atoms with Gasteiger partial charge in [-0.1, -0.05) is 17.7 Å². The number of aliphatic carboxylic acids is 1. The Labute approximate surface area is 85.9 Å². The van der Waals surface area contributed by atoms with E-state index in [0.717, 1.165) is 0 Å². The Morgan fingerprint density at radius 1 is 1.57 bits per heavy atom. The van der Waals surface area contributed by atoms with Gasteiger partial charge in [-0.25, -0.2) is 0 Å². The van der Waals surface area contributed by atoms with E-state index in [9.17, 15) is 9.90 Å². The summed E-state index contributed by atoms with van der Waals surface area (Å²) >= 11 is 5.77. The first-order valence-electron chi connectivity index (χ1n) is 3.97. The van der Waals surface area contributed by atoms with Crippen molar-refractivity contribution in [1.29, 1.82) is 0 Å². The summed E-state index contributed by atoms with van der Waals surface area (Å²) in [5.41, 5.74) is 5.68. The molecular formula is C9H10ClNO3. The van der Waals surface area contributed by atoms with Gasteiger partial charge in [-0.15, -0.1) is 0 Å². The molecule has 0 saturated heterocycles. The molecule has 0 aliphatic rings. The minimum atomic E-state index is -1.12. The molecule has 0 heterocycles. The summed E-state index contributed by atoms with van der Waals surface area (Å²) in [6.45, 7) is 0. The van der Waals surface area contributed by atoms with Crippen LogP contribution in [0.25, 0.3) is 0 Å². The Morgan fingerprint density at radius 3 is 2.71 bits per heavy atom. The van der Waals surface area contributed by atoms with Crippen LogP contribution in [0.4, 0.5) is 0 Å². The Morgan fingerprint density at radius 2 is 2.21 bits per heavy atom. The summed E-state index contributed by atoms with van der Waals surface area (Å²) in [7, 11) is 0. The van der Waals surface area contributed by atoms with Crippen molar-refractivity contribution in [2.45, 2.75) is 12.5 Å². The maximum absolute atomic E-state index is 10.5. The second-order valence-corrected chi connectivity index (χ2v) is 3.29. The van der Waals surface area contributed by atoms with Gasteiger partial charge in [-0.3, -0.25) is 4.79 Å². The third kappa shape index (κ3) is 2.37. The molecule has 0 aromatic heterocycles. The smallest absolute Gasteiger partial charge is 0.320 e. The van der Waals surface area contributed by atoms with Gasteiger partial charge in [0.15, 0.2) is 0 Å². The molecule has 0 aliphatic heterocycles. The van der Waals surface area contributed by atoms with E-state index in [2.05, 4.69) is 0 Å². The van der Waals surface area contributed by atoms with E-state index in [-0.39, 0.29) is 12.2 Å². The van der Waals surface area contributed by atoms with E-state index in [1.165, 1.54) is 6.07 Å². The molecule has 1 rings (SSSR count). The van der Waals surface area contributed by atoms with Crippen LogP contribution in [0, 0.1) is 0 Å². The zero-order valence-electron chi connectivity index (χ0n) is 7.27. The number of hydrogen-bond acceptors (Lipinski definition) is 3. The molecule has 14 heavy (non-hydrogen) atoms. The van der Waals surface area contributed by atoms with E-state index in [0.29, 0.717) is 10.6 Å². The maximum atomic E-state index is 10.5. The normalized spacial score (nSPS) is 12.4. The van der Waals surface area contributed by atoms with Gasteiger partial charge in [-0.2, -0.15) is 0 Å². The molecule has 0 fully saturated rings. The summed E-state index contributed by atoms with van der Waals surface area (Å²) in [5, 5.41) is 18.3. The first-order valence-corrected chi connectivity index (χ1v) is 4.35. The van der Waals surface area contributed by atoms with Crippen molar-refractivity contribution >= 4 is 17.6 Å². The molecule has 1 unspecified atom stereocenters. The van der Waals surface area contributed by atoms with Crippen LogP contribution < -0.4 is 5.73 Å². The number of aromatic hydroxyl groups is 1. The zero-order chi connectivity index (χ0) is 10.7. The number of rotatable bonds is 3. The molecule has 1 aromatic carbocycles. The van der Waals surface area contributed by atoms with Gasteiger partial charge < -0.3 is 15.9 Å². The summed E-state index contributed by atoms with van der Waals surface area (Å²) in [6.07, 6.45) is 0.0147. The third-order valence-electron chi connectivity index (χ3n) is 1.84. The van der Waals surface area contributed by atoms with E-state index < -0.39 is 12.0 Å². The van der Waals surface area contributed by atoms with Gasteiger partial charge in [0, 0.05) is 17.0 Å². The molecular weight excluding hydrogens is 206 g/mol. The number of phenols is 1. The number of phenolic OH excluding ortho intramolecular Hbond substituents is 1. The van der Waals surface area contributed by atoms with Crippen LogP contribution in [-0.4, -0.2) is 22.2 Å². The fraction of sp³-hybridized carbons (Fsp3) is 0.222. The zero-order valence-corrected chi connectivity index (χ0v) is 8.03. The van der Waals surface area contributed by atoms with Gasteiger partial charge in [0.05, 0.1) is 0 Å². The molecule has 0 amide bonds. The number of benzene rings is 1. The van der Waals surface area contributed by atoms with Gasteiger partial charge in [0.25, 0.3) is 0 Å². The molecule has 0 aliphatic carbocycles. The van der Waals surface area contributed by atoms with Crippen LogP contribution >= 0.6 is 11.6 Å². The lowest BCUT2D eigenvalue weighted by Crippen LogP contribution is -2.32. The fourth-order valence-corrected chi connectivity index (χ4v) is 1.30. The average molecular weight is 216 g/mol. The lowest BCUT2D eigenvalue weighted by molar-refractivity contribution is -0.138. The molecule has 0 saturated carbocycles. The Bertz CT molecular complexity index is 334. The molecule has 0 spiro atoms. The van der Waals surface area contributed by atoms with Crippen molar-refractivity contribution in [2.24, 2.45) is 5.73 Å². The summed E-state index contributed by atoms with van der Waals surface area (Å²) in [6, 6.07) is 3.54. The highest BCUT2D eigenvalue weighted by molar-refractivity contribution is 6.31. The van der Waals surface area contributed by atoms with Crippen molar-refractivity contribution in [2.75, 3.05) is 0 Å². The number of nitrogens with two attached hydrogens (primary N) is 1. The standard InChI is InChI=1S/C9H10ClNO3/c10-6-2-1-3-8(12)5(6)4-7(11)9(13)14/h1-3,7,12H,4,11H2,(H,13,14). The van der Waals surface area contributed by atoms with Crippen LogP contribution in [0.1, 0.15) is 5.56 Å². The van der Waals surface area contributed by atoms with Gasteiger partial charge in [-0.05, 0) is 12.1 Å². The van der Waals surface area contributed by atoms with Crippen molar-refractivity contribution in [1.82, 2.24) is 0 Å². The van der Waals surface area contributed by atoms with Crippen LogP contribution in [0.2, 0.25) is 5.02 Å². The summed E-state index contributed by atoms with van der Waals surface area (Å²) < 4.78 is 0. The largest absolute Gasteiger partial charge is 0.508 e. The van der Waals surface area contributed by atoms with Crippen LogP contribution in [-0.2, 0) is 11.2 Å². The van der Waals surface area contributed by atoms with Gasteiger partial charge in [0.2, 0.25) is 0 Å². The van der Waals surface area contributed by atoms with Crippen LogP contribution in [0.5, 0.6) is 5.75 Å². The van der Waals surface area contributed by atoms with Crippen LogP contribution in [0.15, 0.2) is 18.2 Å². The summed E-state index contributed by atoms with van der Waals surface area (Å²) in [5.74, 6) is -1.15. The van der Waals surface area contributed by atoms with E-state index in [4.69, 9.17) is 22.4 Å². The lowest BCUT2D eigenvalue weighted by Gasteiger charge is -2.09. The predicted molar refractivity (Wildman–Crippen MR) is 52.4 cm³/mol. The number of carboxylic acid groups (broad SMARTS) is 1. The van der Waals surface area contributed by atoms with Crippen molar-refractivity contribution in [3.63, 3.8) is 0 Å². The monoisotopic (exact) mass is 215 g/mol. The molecule has 0 bridgehead atoms. The van der Waals surface area contributed by atoms with E-state index in [1.807, 2.05) is 0 Å². The molecule has 1 aromatic rings. The molecule has 0 radical (unpaired) electrons. The van der Waals surface area contributed by atoms with Crippen molar-refractivity contribution in [3.8, 4) is 5.75 Å². The Balaban J connectivity index is 2.91. The molecule has 76 valence electrons. The first kappa shape index (κ1) is 10.8. The molecule has 4 N–H and O–H groups in total. The number of hydrogen-bond donors (Lipinski definition) is 3. The highest BCUT2D eigenvalue weighted by atomic mass is 35.5.